The SMILES string of the molecule is Cc1cc(C)c(-c2ccc3c(c2)B2c4c(cc(C(C)(C)CCc5cc(C)c(-c6ccc7c(c6)B6c8c(cc(C(C)C)cc8-n8c9ccccc9c9cccc6c98)O7)c(C)c5)cc4-n4c5ccccc5c5cccc2c54)O3)c(C)c1. The minimum Gasteiger partial charge on any atom is -0.458 e. The van der Waals surface area contributed by atoms with Gasteiger partial charge in [-0.25, -0.2) is 0 Å². The highest BCUT2D eigenvalue weighted by atomic mass is 16.5. The number of ether oxygens (including phenoxy) is 2. The van der Waals surface area contributed by atoms with Crippen LogP contribution in [0, 0.1) is 34.6 Å². The minimum absolute atomic E-state index is 0.0284. The van der Waals surface area contributed by atoms with Gasteiger partial charge >= 0.3 is 0 Å². The highest BCUT2D eigenvalue weighted by molar-refractivity contribution is 7.00. The van der Waals surface area contributed by atoms with Crippen molar-refractivity contribution in [3.05, 3.63) is 214 Å². The van der Waals surface area contributed by atoms with Gasteiger partial charge in [0, 0.05) is 44.0 Å². The maximum Gasteiger partial charge on any atom is 0.256 e. The first-order valence-electron chi connectivity index (χ1n) is 28.5. The molecule has 0 unspecified atom stereocenters. The van der Waals surface area contributed by atoms with Crippen molar-refractivity contribution in [1.29, 1.82) is 0 Å². The van der Waals surface area contributed by atoms with Gasteiger partial charge in [-0.3, -0.25) is 0 Å². The standard InChI is InChI=1S/C73H60B2N2O2/c1-40(2)49-36-61-69-65(37-49)78-63-26-25-48(35-57(63)74(69)55-20-14-18-53-51-16-10-12-22-59(51)76(61)71(53)55)68-44(6)32-46(33-45(68)7)28-29-73(8,9)50-38-62-70-66(39-50)79-64-27-24-47(67-42(4)30-41(3)31-43(67)5)34-58(64)75(70)56-21-15-19-54-52-17-11-13-23-60(52)77(62)72(54)56/h10-27,30-40H,28-29H2,1-9H3. The van der Waals surface area contributed by atoms with Gasteiger partial charge in [0.2, 0.25) is 0 Å². The number of para-hydroxylation sites is 4. The Morgan fingerprint density at radius 2 is 0.937 bits per heavy atom. The third kappa shape index (κ3) is 6.58. The summed E-state index contributed by atoms with van der Waals surface area (Å²) in [6.45, 7) is 20.8. The molecule has 16 rings (SSSR count). The molecule has 0 atom stereocenters. The number of hydrogen-bond donors (Lipinski definition) is 0. The lowest BCUT2D eigenvalue weighted by atomic mass is 9.34. The van der Waals surface area contributed by atoms with Crippen LogP contribution in [-0.4, -0.2) is 22.6 Å². The van der Waals surface area contributed by atoms with Gasteiger partial charge in [-0.15, -0.1) is 0 Å². The highest BCUT2D eigenvalue weighted by Crippen LogP contribution is 2.44. The van der Waals surface area contributed by atoms with Crippen LogP contribution in [0.5, 0.6) is 23.0 Å². The highest BCUT2D eigenvalue weighted by Gasteiger charge is 2.43. The summed E-state index contributed by atoms with van der Waals surface area (Å²) < 4.78 is 19.3. The average molecular weight is 1020 g/mol. The van der Waals surface area contributed by atoms with Crippen LogP contribution in [0.3, 0.4) is 0 Å². The number of rotatable bonds is 7. The lowest BCUT2D eigenvalue weighted by Gasteiger charge is -2.36. The molecule has 0 bridgehead atoms. The molecule has 6 heterocycles. The van der Waals surface area contributed by atoms with Crippen molar-refractivity contribution in [1.82, 2.24) is 9.13 Å². The van der Waals surface area contributed by atoms with Crippen LogP contribution in [-0.2, 0) is 11.8 Å². The Hall–Kier alpha value is -8.47. The van der Waals surface area contributed by atoms with Crippen LogP contribution >= 0.6 is 0 Å². The third-order valence-corrected chi connectivity index (χ3v) is 18.8. The summed E-state index contributed by atoms with van der Waals surface area (Å²) in [5.41, 5.74) is 30.6. The summed E-state index contributed by atoms with van der Waals surface area (Å²) in [7, 11) is 0. The summed E-state index contributed by atoms with van der Waals surface area (Å²) >= 11 is 0. The quantitative estimate of drug-likeness (QED) is 0.149. The minimum atomic E-state index is -0.174. The zero-order valence-electron chi connectivity index (χ0n) is 46.5. The van der Waals surface area contributed by atoms with Crippen molar-refractivity contribution < 1.29 is 9.47 Å². The smallest absolute Gasteiger partial charge is 0.256 e. The molecular formula is C73H60B2N2O2. The van der Waals surface area contributed by atoms with Gasteiger partial charge in [-0.2, -0.15) is 0 Å². The molecule has 0 fully saturated rings. The number of benzene rings is 10. The van der Waals surface area contributed by atoms with Crippen molar-refractivity contribution >= 4 is 89.8 Å². The Morgan fingerprint density at radius 1 is 0.456 bits per heavy atom. The van der Waals surface area contributed by atoms with E-state index in [4.69, 9.17) is 9.47 Å². The Balaban J connectivity index is 0.761. The van der Waals surface area contributed by atoms with E-state index in [-0.39, 0.29) is 18.8 Å². The van der Waals surface area contributed by atoms with Gasteiger partial charge in [0.05, 0.1) is 11.0 Å². The zero-order chi connectivity index (χ0) is 53.5. The van der Waals surface area contributed by atoms with Gasteiger partial charge in [-0.05, 0) is 201 Å². The largest absolute Gasteiger partial charge is 0.458 e. The number of aryl methyl sites for hydroxylation is 6. The molecule has 0 radical (unpaired) electrons. The fourth-order valence-electron chi connectivity index (χ4n) is 15.3. The predicted octanol–water partition coefficient (Wildman–Crippen LogP) is 14.7. The lowest BCUT2D eigenvalue weighted by molar-refractivity contribution is 0.464. The molecule has 0 N–H and O–H groups in total. The van der Waals surface area contributed by atoms with Crippen molar-refractivity contribution in [3.63, 3.8) is 0 Å². The van der Waals surface area contributed by atoms with E-state index in [1.807, 2.05) is 0 Å². The van der Waals surface area contributed by atoms with E-state index < -0.39 is 0 Å². The summed E-state index contributed by atoms with van der Waals surface area (Å²) in [5, 5.41) is 5.18. The molecule has 79 heavy (non-hydrogen) atoms. The van der Waals surface area contributed by atoms with E-state index in [0.29, 0.717) is 5.92 Å². The third-order valence-electron chi connectivity index (χ3n) is 18.8. The molecule has 10 aromatic carbocycles. The second-order valence-electron chi connectivity index (χ2n) is 24.5. The second kappa shape index (κ2) is 16.5. The number of hydrogen-bond acceptors (Lipinski definition) is 2. The van der Waals surface area contributed by atoms with Gasteiger partial charge in [0.1, 0.15) is 23.0 Å². The fourth-order valence-corrected chi connectivity index (χ4v) is 15.3. The van der Waals surface area contributed by atoms with Crippen molar-refractivity contribution in [2.75, 3.05) is 0 Å². The normalized spacial score (nSPS) is 13.5. The molecule has 0 saturated carbocycles. The molecule has 0 saturated heterocycles. The van der Waals surface area contributed by atoms with Gasteiger partial charge in [-0.1, -0.05) is 155 Å². The van der Waals surface area contributed by atoms with Crippen molar-refractivity contribution in [2.45, 2.75) is 86.5 Å². The fraction of sp³-hybridized carbons (Fsp3) is 0.178. The van der Waals surface area contributed by atoms with Gasteiger partial charge in [0.25, 0.3) is 13.4 Å². The van der Waals surface area contributed by atoms with E-state index in [9.17, 15) is 0 Å². The molecule has 4 nitrogen and oxygen atoms in total. The number of aromatic nitrogens is 2. The van der Waals surface area contributed by atoms with Crippen LogP contribution in [0.4, 0.5) is 0 Å². The predicted molar refractivity (Wildman–Crippen MR) is 334 cm³/mol. The molecule has 0 aliphatic carbocycles. The van der Waals surface area contributed by atoms with Crippen LogP contribution < -0.4 is 42.3 Å². The van der Waals surface area contributed by atoms with Crippen molar-refractivity contribution in [3.8, 4) is 56.6 Å². The number of nitrogens with zero attached hydrogens (tertiary/aromatic N) is 2. The Kier molecular flexibility index (Phi) is 9.76. The summed E-state index contributed by atoms with van der Waals surface area (Å²) in [5.74, 6) is 4.19. The second-order valence-corrected chi connectivity index (χ2v) is 24.5. The summed E-state index contributed by atoms with van der Waals surface area (Å²) in [6.07, 6.45) is 1.92. The van der Waals surface area contributed by atoms with E-state index in [2.05, 4.69) is 241 Å². The maximum atomic E-state index is 7.19. The molecular weight excluding hydrogens is 958 g/mol. The molecule has 0 spiro atoms. The summed E-state index contributed by atoms with van der Waals surface area (Å²) in [4.78, 5) is 0. The summed E-state index contributed by atoms with van der Waals surface area (Å²) in [6, 6.07) is 64.7. The first-order valence-corrected chi connectivity index (χ1v) is 28.5. The molecule has 4 aliphatic heterocycles. The van der Waals surface area contributed by atoms with Crippen LogP contribution in [0.2, 0.25) is 0 Å². The lowest BCUT2D eigenvalue weighted by Crippen LogP contribution is -2.58. The molecule has 380 valence electrons. The molecule has 12 aromatic rings. The average Bonchev–Trinajstić information content (AvgIpc) is 3.42. The Bertz CT molecular complexity index is 4660. The van der Waals surface area contributed by atoms with E-state index in [1.165, 1.54) is 155 Å². The molecule has 4 aliphatic rings. The van der Waals surface area contributed by atoms with Gasteiger partial charge < -0.3 is 18.6 Å². The monoisotopic (exact) mass is 1020 g/mol. The van der Waals surface area contributed by atoms with Crippen LogP contribution in [0.1, 0.15) is 84.5 Å². The van der Waals surface area contributed by atoms with Crippen LogP contribution in [0.15, 0.2) is 170 Å². The molecule has 6 heteroatoms. The van der Waals surface area contributed by atoms with Gasteiger partial charge in [0.15, 0.2) is 0 Å². The van der Waals surface area contributed by atoms with E-state index >= 15 is 0 Å². The Labute approximate surface area is 463 Å². The van der Waals surface area contributed by atoms with E-state index in [1.54, 1.807) is 0 Å². The zero-order valence-corrected chi connectivity index (χ0v) is 46.5. The molecule has 2 aromatic heterocycles. The number of fused-ring (bicyclic) bond motifs is 14. The van der Waals surface area contributed by atoms with Crippen molar-refractivity contribution in [2.24, 2.45) is 0 Å². The van der Waals surface area contributed by atoms with E-state index in [0.717, 1.165) is 35.8 Å². The Morgan fingerprint density at radius 3 is 1.47 bits per heavy atom. The molecule has 0 amide bonds. The topological polar surface area (TPSA) is 28.3 Å². The first-order chi connectivity index (χ1) is 38.3. The first kappa shape index (κ1) is 46.6. The maximum absolute atomic E-state index is 7.19. The van der Waals surface area contributed by atoms with Crippen LogP contribution in [0.25, 0.3) is 77.2 Å².